The summed E-state index contributed by atoms with van der Waals surface area (Å²) in [5, 5.41) is 38.9. The molecule has 0 amide bonds. The molecule has 176 valence electrons. The first-order valence-corrected chi connectivity index (χ1v) is 10.6. The van der Waals surface area contributed by atoms with Crippen LogP contribution in [0.5, 0.6) is 11.5 Å². The van der Waals surface area contributed by atoms with E-state index in [2.05, 4.69) is 9.97 Å². The number of hydrogen-bond acceptors (Lipinski definition) is 7. The molecule has 0 fully saturated rings. The number of aromatic nitrogens is 2. The predicted molar refractivity (Wildman–Crippen MR) is 131 cm³/mol. The number of phenolic OH excluding ortho intramolecular Hbond substituents is 2. The summed E-state index contributed by atoms with van der Waals surface area (Å²) in [6.07, 6.45) is 0. The SMILES string of the molecule is COC(=O)C(C)(C)c1cc(-c2nc3ccc(C(=N)N)cc3[nH]2)c(O)c(-c2cc(C#N)ccc2O)c1. The van der Waals surface area contributed by atoms with Crippen LogP contribution in [0.1, 0.15) is 30.5 Å². The van der Waals surface area contributed by atoms with Crippen molar-refractivity contribution in [1.82, 2.24) is 9.97 Å². The number of imidazole rings is 1. The van der Waals surface area contributed by atoms with E-state index >= 15 is 0 Å². The fraction of sp³-hybridized carbons (Fsp3) is 0.154. The molecule has 9 heteroatoms. The summed E-state index contributed by atoms with van der Waals surface area (Å²) >= 11 is 0. The molecule has 0 aliphatic rings. The fourth-order valence-electron chi connectivity index (χ4n) is 3.88. The molecule has 0 saturated carbocycles. The zero-order valence-corrected chi connectivity index (χ0v) is 19.3. The first-order valence-electron chi connectivity index (χ1n) is 10.6. The second kappa shape index (κ2) is 8.50. The third kappa shape index (κ3) is 4.02. The summed E-state index contributed by atoms with van der Waals surface area (Å²) in [7, 11) is 1.29. The Kier molecular flexibility index (Phi) is 5.66. The Bertz CT molecular complexity index is 1550. The fourth-order valence-corrected chi connectivity index (χ4v) is 3.88. The Morgan fingerprint density at radius 3 is 2.49 bits per heavy atom. The van der Waals surface area contributed by atoms with Gasteiger partial charge in [-0.05, 0) is 67.9 Å². The number of rotatable bonds is 5. The topological polar surface area (TPSA) is 169 Å². The van der Waals surface area contributed by atoms with Crippen molar-refractivity contribution in [3.8, 4) is 40.1 Å². The minimum atomic E-state index is -1.11. The second-order valence-electron chi connectivity index (χ2n) is 8.61. The second-order valence-corrected chi connectivity index (χ2v) is 8.61. The molecule has 1 heterocycles. The van der Waals surface area contributed by atoms with E-state index in [9.17, 15) is 20.3 Å². The summed E-state index contributed by atoms with van der Waals surface area (Å²) in [5.74, 6) is -0.633. The monoisotopic (exact) mass is 469 g/mol. The summed E-state index contributed by atoms with van der Waals surface area (Å²) in [4.78, 5) is 20.3. The number of ether oxygens (including phenoxy) is 1. The van der Waals surface area contributed by atoms with Gasteiger partial charge in [0.15, 0.2) is 0 Å². The Balaban J connectivity index is 2.02. The van der Waals surface area contributed by atoms with Gasteiger partial charge in [-0.15, -0.1) is 0 Å². The van der Waals surface area contributed by atoms with E-state index < -0.39 is 11.4 Å². The van der Waals surface area contributed by atoms with Gasteiger partial charge in [-0.25, -0.2) is 4.98 Å². The van der Waals surface area contributed by atoms with Crippen LogP contribution in [0.2, 0.25) is 0 Å². The van der Waals surface area contributed by atoms with Gasteiger partial charge in [0.25, 0.3) is 0 Å². The summed E-state index contributed by atoms with van der Waals surface area (Å²) in [6, 6.07) is 14.6. The number of nitrogens with one attached hydrogen (secondary N) is 2. The van der Waals surface area contributed by atoms with Crippen LogP contribution in [0.15, 0.2) is 48.5 Å². The number of methoxy groups -OCH3 is 1. The van der Waals surface area contributed by atoms with Gasteiger partial charge in [0.2, 0.25) is 0 Å². The van der Waals surface area contributed by atoms with E-state index in [-0.39, 0.29) is 39.6 Å². The van der Waals surface area contributed by atoms with Gasteiger partial charge in [0, 0.05) is 16.7 Å². The molecule has 1 aromatic heterocycles. The maximum absolute atomic E-state index is 12.6. The van der Waals surface area contributed by atoms with Crippen molar-refractivity contribution in [3.63, 3.8) is 0 Å². The van der Waals surface area contributed by atoms with Crippen LogP contribution in [0.25, 0.3) is 33.5 Å². The van der Waals surface area contributed by atoms with Crippen molar-refractivity contribution in [2.75, 3.05) is 7.11 Å². The number of carbonyl (C=O) groups excluding carboxylic acids is 1. The lowest BCUT2D eigenvalue weighted by atomic mass is 9.81. The molecule has 0 spiro atoms. The molecule has 0 unspecified atom stereocenters. The Labute approximate surface area is 200 Å². The number of phenols is 2. The number of nitriles is 1. The number of fused-ring (bicyclic) bond motifs is 1. The molecule has 9 nitrogen and oxygen atoms in total. The summed E-state index contributed by atoms with van der Waals surface area (Å²) in [6.45, 7) is 3.37. The molecule has 0 aliphatic heterocycles. The van der Waals surface area contributed by atoms with Crippen LogP contribution >= 0.6 is 0 Å². The highest BCUT2D eigenvalue weighted by atomic mass is 16.5. The molecule has 0 aliphatic carbocycles. The van der Waals surface area contributed by atoms with E-state index in [1.807, 2.05) is 6.07 Å². The van der Waals surface area contributed by atoms with E-state index in [4.69, 9.17) is 15.9 Å². The number of carbonyl (C=O) groups is 1. The van der Waals surface area contributed by atoms with Crippen LogP contribution in [0.4, 0.5) is 0 Å². The number of nitrogens with two attached hydrogens (primary N) is 1. The van der Waals surface area contributed by atoms with Crippen molar-refractivity contribution in [3.05, 3.63) is 65.2 Å². The highest BCUT2D eigenvalue weighted by Gasteiger charge is 2.33. The number of H-pyrrole nitrogens is 1. The average Bonchev–Trinajstić information content (AvgIpc) is 3.27. The number of hydrogen-bond donors (Lipinski definition) is 5. The van der Waals surface area contributed by atoms with Gasteiger partial charge >= 0.3 is 5.97 Å². The molecule has 4 rings (SSSR count). The molecule has 3 aromatic carbocycles. The van der Waals surface area contributed by atoms with Crippen molar-refractivity contribution in [1.29, 1.82) is 10.7 Å². The van der Waals surface area contributed by atoms with Gasteiger partial charge < -0.3 is 25.7 Å². The van der Waals surface area contributed by atoms with E-state index in [1.54, 1.807) is 44.2 Å². The lowest BCUT2D eigenvalue weighted by molar-refractivity contribution is -0.146. The van der Waals surface area contributed by atoms with E-state index in [0.29, 0.717) is 28.0 Å². The molecular weight excluding hydrogens is 446 g/mol. The number of esters is 1. The van der Waals surface area contributed by atoms with Crippen LogP contribution < -0.4 is 5.73 Å². The quantitative estimate of drug-likeness (QED) is 0.168. The lowest BCUT2D eigenvalue weighted by Gasteiger charge is -2.24. The standard InChI is InChI=1S/C26H23N5O4/c1-26(2,25(34)35-3)15-10-17(16-8-13(12-27)4-7-21(16)32)22(33)18(11-15)24-30-19-6-5-14(23(28)29)9-20(19)31-24/h4-11,32-33H,1-3H3,(H3,28,29)(H,30,31). The zero-order chi connectivity index (χ0) is 25.5. The number of amidine groups is 1. The van der Waals surface area contributed by atoms with Crippen molar-refractivity contribution < 1.29 is 19.7 Å². The van der Waals surface area contributed by atoms with Crippen molar-refractivity contribution in [2.45, 2.75) is 19.3 Å². The predicted octanol–water partition coefficient (Wildman–Crippen LogP) is 3.91. The number of nitrogen functional groups attached to an aromatic ring is 1. The van der Waals surface area contributed by atoms with Gasteiger partial charge in [0.05, 0.1) is 40.8 Å². The molecule has 0 bridgehead atoms. The Morgan fingerprint density at radius 2 is 1.83 bits per heavy atom. The first kappa shape index (κ1) is 23.3. The maximum Gasteiger partial charge on any atom is 0.315 e. The molecule has 0 atom stereocenters. The molecule has 35 heavy (non-hydrogen) atoms. The number of aromatic hydroxyl groups is 2. The highest BCUT2D eigenvalue weighted by molar-refractivity contribution is 5.98. The number of aromatic amines is 1. The largest absolute Gasteiger partial charge is 0.507 e. The first-order chi connectivity index (χ1) is 16.6. The Hall–Kier alpha value is -4.84. The van der Waals surface area contributed by atoms with Crippen LogP contribution in [0, 0.1) is 16.7 Å². The van der Waals surface area contributed by atoms with Gasteiger partial charge in [-0.2, -0.15) is 5.26 Å². The third-order valence-corrected chi connectivity index (χ3v) is 5.99. The van der Waals surface area contributed by atoms with Gasteiger partial charge in [-0.3, -0.25) is 10.2 Å². The highest BCUT2D eigenvalue weighted by Crippen LogP contribution is 2.44. The van der Waals surface area contributed by atoms with Crippen LogP contribution in [-0.2, 0) is 14.9 Å². The van der Waals surface area contributed by atoms with Gasteiger partial charge in [-0.1, -0.05) is 0 Å². The normalized spacial score (nSPS) is 11.3. The van der Waals surface area contributed by atoms with Crippen molar-refractivity contribution >= 4 is 22.8 Å². The molecule has 6 N–H and O–H groups in total. The smallest absolute Gasteiger partial charge is 0.315 e. The summed E-state index contributed by atoms with van der Waals surface area (Å²) in [5.41, 5.74) is 7.68. The van der Waals surface area contributed by atoms with Crippen molar-refractivity contribution in [2.24, 2.45) is 5.73 Å². The third-order valence-electron chi connectivity index (χ3n) is 5.99. The van der Waals surface area contributed by atoms with E-state index in [1.165, 1.54) is 25.3 Å². The van der Waals surface area contributed by atoms with Gasteiger partial charge in [0.1, 0.15) is 23.2 Å². The molecular formula is C26H23N5O4. The molecule has 0 saturated heterocycles. The number of nitrogens with zero attached hydrogens (tertiary/aromatic N) is 2. The van der Waals surface area contributed by atoms with Crippen LogP contribution in [0.3, 0.4) is 0 Å². The Morgan fingerprint density at radius 1 is 1.11 bits per heavy atom. The molecule has 4 aromatic rings. The van der Waals surface area contributed by atoms with E-state index in [0.717, 1.165) is 0 Å². The summed E-state index contributed by atoms with van der Waals surface area (Å²) < 4.78 is 4.99. The number of benzene rings is 3. The zero-order valence-electron chi connectivity index (χ0n) is 19.3. The lowest BCUT2D eigenvalue weighted by Crippen LogP contribution is -2.30. The minimum absolute atomic E-state index is 0.0946. The van der Waals surface area contributed by atoms with Crippen LogP contribution in [-0.4, -0.2) is 39.1 Å². The maximum atomic E-state index is 12.6. The minimum Gasteiger partial charge on any atom is -0.507 e. The average molecular weight is 470 g/mol. The molecule has 0 radical (unpaired) electrons.